The number of hydrogen-bond donors (Lipinski definition) is 3. The van der Waals surface area contributed by atoms with E-state index in [0.717, 1.165) is 12.8 Å². The third-order valence-electron chi connectivity index (χ3n) is 5.68. The molecular formula is C21H25FN6O3. The van der Waals surface area contributed by atoms with Crippen LogP contribution in [-0.2, 0) is 4.74 Å². The Balaban J connectivity index is 1.48. The number of ether oxygens (including phenoxy) is 1. The molecule has 0 spiro atoms. The van der Waals surface area contributed by atoms with Gasteiger partial charge in [0.25, 0.3) is 5.91 Å². The lowest BCUT2D eigenvalue weighted by atomic mass is 9.93. The second kappa shape index (κ2) is 8.75. The number of amides is 2. The Bertz CT molecular complexity index is 972. The Morgan fingerprint density at radius 2 is 2.03 bits per heavy atom. The molecule has 1 aromatic carbocycles. The van der Waals surface area contributed by atoms with E-state index >= 15 is 0 Å². The fourth-order valence-electron chi connectivity index (χ4n) is 3.70. The van der Waals surface area contributed by atoms with Gasteiger partial charge < -0.3 is 26.1 Å². The van der Waals surface area contributed by atoms with E-state index in [-0.39, 0.29) is 35.3 Å². The zero-order chi connectivity index (χ0) is 22.0. The number of piperidine rings is 1. The number of anilines is 2. The maximum absolute atomic E-state index is 13.2. The van der Waals surface area contributed by atoms with Crippen molar-refractivity contribution in [2.24, 2.45) is 17.6 Å². The van der Waals surface area contributed by atoms with Crippen LogP contribution in [0.1, 0.15) is 35.7 Å². The molecule has 2 amide bonds. The summed E-state index contributed by atoms with van der Waals surface area (Å²) < 4.78 is 20.1. The Labute approximate surface area is 178 Å². The molecule has 1 aliphatic heterocycles. The number of primary amides is 1. The molecule has 9 nitrogen and oxygen atoms in total. The Hall–Kier alpha value is -3.43. The second-order valence-electron chi connectivity index (χ2n) is 8.02. The SMILES string of the molecule is N=C[C@@H]1CN(C(=O)OCC2CC2)CC[C@@H]1n1cc(C(N)=O)c(Nc2ccc(F)cc2)n1. The van der Waals surface area contributed by atoms with E-state index in [9.17, 15) is 14.0 Å². The third kappa shape index (κ3) is 4.84. The van der Waals surface area contributed by atoms with Crippen LogP contribution in [-0.4, -0.2) is 52.6 Å². The predicted octanol–water partition coefficient (Wildman–Crippen LogP) is 2.92. The fraction of sp³-hybridized carbons (Fsp3) is 0.429. The van der Waals surface area contributed by atoms with Crippen LogP contribution in [0.3, 0.4) is 0 Å². The molecule has 0 bridgehead atoms. The summed E-state index contributed by atoms with van der Waals surface area (Å²) in [6.45, 7) is 1.25. The largest absolute Gasteiger partial charge is 0.449 e. The minimum atomic E-state index is -0.650. The summed E-state index contributed by atoms with van der Waals surface area (Å²) in [6.07, 6.45) is 5.26. The number of aromatic nitrogens is 2. The van der Waals surface area contributed by atoms with E-state index in [1.165, 1.54) is 30.5 Å². The standard InChI is InChI=1S/C21H25FN6O3/c22-15-3-5-16(6-4-15)25-20-17(19(24)29)11-28(26-20)18-7-8-27(10-14(18)9-23)21(30)31-12-13-1-2-13/h3-6,9,11,13-14,18,23H,1-2,7-8,10,12H2,(H2,24,29)(H,25,26)/t14-,18+/m1/s1. The van der Waals surface area contributed by atoms with Gasteiger partial charge in [-0.2, -0.15) is 5.10 Å². The van der Waals surface area contributed by atoms with Gasteiger partial charge in [0, 0.05) is 37.1 Å². The number of nitrogens with one attached hydrogen (secondary N) is 2. The highest BCUT2D eigenvalue weighted by Gasteiger charge is 2.34. The molecule has 10 heteroatoms. The number of likely N-dealkylation sites (tertiary alicyclic amines) is 1. The number of carbonyl (C=O) groups is 2. The van der Waals surface area contributed by atoms with Crippen LogP contribution >= 0.6 is 0 Å². The second-order valence-corrected chi connectivity index (χ2v) is 8.02. The summed E-state index contributed by atoms with van der Waals surface area (Å²) in [4.78, 5) is 25.9. The molecule has 1 saturated heterocycles. The summed E-state index contributed by atoms with van der Waals surface area (Å²) in [7, 11) is 0. The Kier molecular flexibility index (Phi) is 5.88. The monoisotopic (exact) mass is 428 g/mol. The average Bonchev–Trinajstić information content (AvgIpc) is 3.51. The van der Waals surface area contributed by atoms with Crippen LogP contribution in [0.4, 0.5) is 20.7 Å². The van der Waals surface area contributed by atoms with Crippen molar-refractivity contribution in [3.63, 3.8) is 0 Å². The number of nitrogens with zero attached hydrogens (tertiary/aromatic N) is 3. The highest BCUT2D eigenvalue weighted by atomic mass is 19.1. The van der Waals surface area contributed by atoms with Gasteiger partial charge in [0.1, 0.15) is 11.4 Å². The molecular weight excluding hydrogens is 403 g/mol. The first kappa shape index (κ1) is 20.8. The maximum atomic E-state index is 13.2. The lowest BCUT2D eigenvalue weighted by Gasteiger charge is -2.36. The molecule has 31 heavy (non-hydrogen) atoms. The van der Waals surface area contributed by atoms with Crippen molar-refractivity contribution >= 4 is 29.7 Å². The number of rotatable bonds is 7. The summed E-state index contributed by atoms with van der Waals surface area (Å²) in [5, 5.41) is 15.3. The molecule has 1 saturated carbocycles. The summed E-state index contributed by atoms with van der Waals surface area (Å²) in [5.74, 6) is -0.565. The number of halogens is 1. The predicted molar refractivity (Wildman–Crippen MR) is 112 cm³/mol. The summed E-state index contributed by atoms with van der Waals surface area (Å²) >= 11 is 0. The molecule has 2 atom stereocenters. The minimum absolute atomic E-state index is 0.194. The molecule has 2 fully saturated rings. The number of benzene rings is 1. The molecule has 2 heterocycles. The quantitative estimate of drug-likeness (QED) is 0.585. The highest BCUT2D eigenvalue weighted by molar-refractivity contribution is 5.98. The molecule has 1 aromatic heterocycles. The van der Waals surface area contributed by atoms with Crippen LogP contribution < -0.4 is 11.1 Å². The fourth-order valence-corrected chi connectivity index (χ4v) is 3.70. The first-order chi connectivity index (χ1) is 14.9. The van der Waals surface area contributed by atoms with Crippen molar-refractivity contribution in [3.8, 4) is 0 Å². The Morgan fingerprint density at radius 3 is 2.68 bits per heavy atom. The highest BCUT2D eigenvalue weighted by Crippen LogP contribution is 2.31. The van der Waals surface area contributed by atoms with Gasteiger partial charge in [0.2, 0.25) is 0 Å². The normalized spacial score (nSPS) is 20.9. The number of nitrogens with two attached hydrogens (primary N) is 1. The van der Waals surface area contributed by atoms with Gasteiger partial charge in [-0.1, -0.05) is 0 Å². The molecule has 0 unspecified atom stereocenters. The van der Waals surface area contributed by atoms with Crippen LogP contribution in [0.25, 0.3) is 0 Å². The molecule has 164 valence electrons. The molecule has 0 radical (unpaired) electrons. The molecule has 2 aromatic rings. The van der Waals surface area contributed by atoms with Gasteiger partial charge in [-0.25, -0.2) is 9.18 Å². The maximum Gasteiger partial charge on any atom is 0.409 e. The summed E-state index contributed by atoms with van der Waals surface area (Å²) in [5.41, 5.74) is 6.28. The van der Waals surface area contributed by atoms with Gasteiger partial charge in [0.15, 0.2) is 5.82 Å². The first-order valence-corrected chi connectivity index (χ1v) is 10.3. The number of hydrogen-bond acceptors (Lipinski definition) is 6. The van der Waals surface area contributed by atoms with Crippen molar-refractivity contribution in [3.05, 3.63) is 41.8 Å². The zero-order valence-electron chi connectivity index (χ0n) is 17.0. The third-order valence-corrected chi connectivity index (χ3v) is 5.68. The molecule has 4 rings (SSSR count). The van der Waals surface area contributed by atoms with Crippen LogP contribution in [0.15, 0.2) is 30.5 Å². The van der Waals surface area contributed by atoms with Gasteiger partial charge in [-0.15, -0.1) is 0 Å². The van der Waals surface area contributed by atoms with Crippen LogP contribution in [0.2, 0.25) is 0 Å². The van der Waals surface area contributed by atoms with Crippen molar-refractivity contribution in [1.29, 1.82) is 5.41 Å². The van der Waals surface area contributed by atoms with E-state index in [2.05, 4.69) is 10.4 Å². The van der Waals surface area contributed by atoms with Crippen molar-refractivity contribution in [2.45, 2.75) is 25.3 Å². The van der Waals surface area contributed by atoms with Crippen molar-refractivity contribution in [2.75, 3.05) is 25.0 Å². The average molecular weight is 428 g/mol. The lowest BCUT2D eigenvalue weighted by molar-refractivity contribution is 0.0770. The van der Waals surface area contributed by atoms with E-state index < -0.39 is 5.91 Å². The topological polar surface area (TPSA) is 126 Å². The molecule has 1 aliphatic carbocycles. The van der Waals surface area contributed by atoms with E-state index in [1.54, 1.807) is 15.8 Å². The van der Waals surface area contributed by atoms with Gasteiger partial charge >= 0.3 is 6.09 Å². The summed E-state index contributed by atoms with van der Waals surface area (Å²) in [6, 6.07) is 5.45. The zero-order valence-corrected chi connectivity index (χ0v) is 17.0. The van der Waals surface area contributed by atoms with E-state index in [1.807, 2.05) is 0 Å². The van der Waals surface area contributed by atoms with Crippen molar-refractivity contribution < 1.29 is 18.7 Å². The van der Waals surface area contributed by atoms with Gasteiger partial charge in [-0.3, -0.25) is 9.48 Å². The number of carbonyl (C=O) groups excluding carboxylic acids is 2. The first-order valence-electron chi connectivity index (χ1n) is 10.3. The van der Waals surface area contributed by atoms with Crippen LogP contribution in [0, 0.1) is 23.1 Å². The smallest absolute Gasteiger partial charge is 0.409 e. The van der Waals surface area contributed by atoms with Crippen molar-refractivity contribution in [1.82, 2.24) is 14.7 Å². The van der Waals surface area contributed by atoms with E-state index in [4.69, 9.17) is 15.9 Å². The Morgan fingerprint density at radius 1 is 1.29 bits per heavy atom. The molecule has 4 N–H and O–H groups in total. The van der Waals surface area contributed by atoms with E-state index in [0.29, 0.717) is 37.7 Å². The molecule has 2 aliphatic rings. The van der Waals surface area contributed by atoms with Gasteiger partial charge in [-0.05, 0) is 49.4 Å². The van der Waals surface area contributed by atoms with Crippen LogP contribution in [0.5, 0.6) is 0 Å². The minimum Gasteiger partial charge on any atom is -0.449 e. The van der Waals surface area contributed by atoms with Gasteiger partial charge in [0.05, 0.1) is 12.6 Å². The lowest BCUT2D eigenvalue weighted by Crippen LogP contribution is -2.45.